The van der Waals surface area contributed by atoms with Gasteiger partial charge in [-0.1, -0.05) is 13.0 Å². The first-order valence-corrected chi connectivity index (χ1v) is 6.95. The van der Waals surface area contributed by atoms with Gasteiger partial charge in [0.1, 0.15) is 5.82 Å². The first-order valence-electron chi connectivity index (χ1n) is 6.95. The monoisotopic (exact) mass is 250 g/mol. The molecule has 0 bridgehead atoms. The second kappa shape index (κ2) is 5.70. The van der Waals surface area contributed by atoms with Gasteiger partial charge < -0.3 is 10.6 Å². The molecule has 1 aromatic rings. The maximum absolute atomic E-state index is 14.2. The van der Waals surface area contributed by atoms with Crippen molar-refractivity contribution in [3.05, 3.63) is 29.6 Å². The maximum Gasteiger partial charge on any atom is 0.146 e. The van der Waals surface area contributed by atoms with E-state index in [0.717, 1.165) is 30.6 Å². The van der Waals surface area contributed by atoms with Crippen molar-refractivity contribution in [2.45, 2.75) is 51.6 Å². The zero-order valence-electron chi connectivity index (χ0n) is 11.3. The molecular weight excluding hydrogens is 227 g/mol. The highest BCUT2D eigenvalue weighted by atomic mass is 19.1. The topological polar surface area (TPSA) is 29.3 Å². The van der Waals surface area contributed by atoms with Crippen LogP contribution < -0.4 is 10.6 Å². The number of hydrogen-bond donors (Lipinski definition) is 1. The first-order chi connectivity index (χ1) is 8.63. The molecule has 100 valence electrons. The second-order valence-corrected chi connectivity index (χ2v) is 5.25. The Morgan fingerprint density at radius 2 is 2.22 bits per heavy atom. The Hall–Kier alpha value is -1.09. The van der Waals surface area contributed by atoms with Crippen molar-refractivity contribution in [2.75, 3.05) is 11.4 Å². The van der Waals surface area contributed by atoms with E-state index in [4.69, 9.17) is 5.73 Å². The number of hydrogen-bond acceptors (Lipinski definition) is 2. The predicted octanol–water partition coefficient (Wildman–Crippen LogP) is 3.61. The number of nitrogens with two attached hydrogens (primary N) is 1. The van der Waals surface area contributed by atoms with Gasteiger partial charge in [0, 0.05) is 18.6 Å². The lowest BCUT2D eigenvalue weighted by molar-refractivity contribution is 0.443. The van der Waals surface area contributed by atoms with Crippen molar-refractivity contribution >= 4 is 5.69 Å². The smallest absolute Gasteiger partial charge is 0.146 e. The molecule has 2 atom stereocenters. The molecule has 0 radical (unpaired) electrons. The van der Waals surface area contributed by atoms with E-state index < -0.39 is 0 Å². The molecule has 2 nitrogen and oxygen atoms in total. The van der Waals surface area contributed by atoms with E-state index in [1.54, 1.807) is 6.07 Å². The van der Waals surface area contributed by atoms with Crippen LogP contribution in [0.1, 0.15) is 51.1 Å². The van der Waals surface area contributed by atoms with E-state index in [2.05, 4.69) is 11.8 Å². The van der Waals surface area contributed by atoms with Crippen LogP contribution in [0.5, 0.6) is 0 Å². The minimum absolute atomic E-state index is 0.114. The average molecular weight is 250 g/mol. The lowest BCUT2D eigenvalue weighted by Crippen LogP contribution is -2.39. The highest BCUT2D eigenvalue weighted by Crippen LogP contribution is 2.29. The third kappa shape index (κ3) is 2.66. The summed E-state index contributed by atoms with van der Waals surface area (Å²) in [4.78, 5) is 2.23. The number of halogens is 1. The van der Waals surface area contributed by atoms with Crippen LogP contribution in [-0.2, 0) is 0 Å². The van der Waals surface area contributed by atoms with Gasteiger partial charge in [-0.25, -0.2) is 4.39 Å². The van der Waals surface area contributed by atoms with E-state index in [0.29, 0.717) is 6.04 Å². The molecule has 0 aliphatic carbocycles. The third-order valence-electron chi connectivity index (χ3n) is 3.91. The van der Waals surface area contributed by atoms with Crippen LogP contribution in [0.25, 0.3) is 0 Å². The molecule has 0 spiro atoms. The SMILES string of the molecule is CCC1CCCCN1c1ccc([C@@H](C)N)cc1F. The number of nitrogens with zero attached hydrogens (tertiary/aromatic N) is 1. The summed E-state index contributed by atoms with van der Waals surface area (Å²) in [5.74, 6) is -0.134. The van der Waals surface area contributed by atoms with Gasteiger partial charge in [-0.05, 0) is 50.3 Å². The summed E-state index contributed by atoms with van der Waals surface area (Å²) in [5.41, 5.74) is 7.39. The molecule has 2 rings (SSSR count). The Balaban J connectivity index is 2.26. The van der Waals surface area contributed by atoms with Gasteiger partial charge in [0.2, 0.25) is 0 Å². The van der Waals surface area contributed by atoms with E-state index in [1.807, 2.05) is 19.1 Å². The summed E-state index contributed by atoms with van der Waals surface area (Å²) < 4.78 is 14.2. The number of rotatable bonds is 3. The minimum atomic E-state index is -0.134. The van der Waals surface area contributed by atoms with Crippen LogP contribution >= 0.6 is 0 Å². The van der Waals surface area contributed by atoms with Crippen LogP contribution in [-0.4, -0.2) is 12.6 Å². The van der Waals surface area contributed by atoms with Crippen molar-refractivity contribution in [3.63, 3.8) is 0 Å². The van der Waals surface area contributed by atoms with Crippen molar-refractivity contribution < 1.29 is 4.39 Å². The molecule has 0 amide bonds. The number of piperidine rings is 1. The van der Waals surface area contributed by atoms with E-state index in [1.165, 1.54) is 12.8 Å². The fourth-order valence-electron chi connectivity index (χ4n) is 2.78. The predicted molar refractivity (Wildman–Crippen MR) is 74.3 cm³/mol. The molecule has 3 heteroatoms. The summed E-state index contributed by atoms with van der Waals surface area (Å²) in [6, 6.07) is 5.79. The van der Waals surface area contributed by atoms with Gasteiger partial charge in [-0.2, -0.15) is 0 Å². The van der Waals surface area contributed by atoms with Crippen LogP contribution in [0.15, 0.2) is 18.2 Å². The zero-order valence-corrected chi connectivity index (χ0v) is 11.3. The molecule has 1 aliphatic rings. The van der Waals surface area contributed by atoms with Crippen LogP contribution in [0.4, 0.5) is 10.1 Å². The lowest BCUT2D eigenvalue weighted by atomic mass is 9.98. The molecule has 18 heavy (non-hydrogen) atoms. The fourth-order valence-corrected chi connectivity index (χ4v) is 2.78. The lowest BCUT2D eigenvalue weighted by Gasteiger charge is -2.37. The highest BCUT2D eigenvalue weighted by molar-refractivity contribution is 5.50. The zero-order chi connectivity index (χ0) is 13.1. The normalized spacial score (nSPS) is 22.0. The summed E-state index contributed by atoms with van der Waals surface area (Å²) in [7, 11) is 0. The molecule has 1 unspecified atom stereocenters. The molecule has 0 aromatic heterocycles. The largest absolute Gasteiger partial charge is 0.366 e. The third-order valence-corrected chi connectivity index (χ3v) is 3.91. The fraction of sp³-hybridized carbons (Fsp3) is 0.600. The number of benzene rings is 1. The Morgan fingerprint density at radius 1 is 1.44 bits per heavy atom. The van der Waals surface area contributed by atoms with Crippen LogP contribution in [0.3, 0.4) is 0 Å². The van der Waals surface area contributed by atoms with Gasteiger partial charge in [-0.3, -0.25) is 0 Å². The molecule has 1 aliphatic heterocycles. The summed E-state index contributed by atoms with van der Waals surface area (Å²) in [6.07, 6.45) is 4.67. The van der Waals surface area contributed by atoms with Gasteiger partial charge in [0.05, 0.1) is 5.69 Å². The second-order valence-electron chi connectivity index (χ2n) is 5.25. The van der Waals surface area contributed by atoms with Crippen molar-refractivity contribution in [2.24, 2.45) is 5.73 Å². The molecule has 1 fully saturated rings. The molecule has 0 saturated carbocycles. The molecule has 1 saturated heterocycles. The minimum Gasteiger partial charge on any atom is -0.366 e. The Kier molecular flexibility index (Phi) is 4.23. The van der Waals surface area contributed by atoms with Crippen molar-refractivity contribution in [3.8, 4) is 0 Å². The van der Waals surface area contributed by atoms with E-state index in [-0.39, 0.29) is 11.9 Å². The molecule has 2 N–H and O–H groups in total. The first kappa shape index (κ1) is 13.3. The van der Waals surface area contributed by atoms with E-state index >= 15 is 0 Å². The standard InChI is InChI=1S/C15H23FN2/c1-3-13-6-4-5-9-18(13)15-8-7-12(11(2)17)10-14(15)16/h7-8,10-11,13H,3-6,9,17H2,1-2H3/t11-,13?/m1/s1. The highest BCUT2D eigenvalue weighted by Gasteiger charge is 2.23. The summed E-state index contributed by atoms with van der Waals surface area (Å²) in [5, 5.41) is 0. The summed E-state index contributed by atoms with van der Waals surface area (Å²) in [6.45, 7) is 5.02. The van der Waals surface area contributed by atoms with Gasteiger partial charge >= 0.3 is 0 Å². The molecular formula is C15H23FN2. The average Bonchev–Trinajstić information content (AvgIpc) is 2.38. The van der Waals surface area contributed by atoms with Gasteiger partial charge in [0.15, 0.2) is 0 Å². The maximum atomic E-state index is 14.2. The Bertz CT molecular complexity index is 403. The van der Waals surface area contributed by atoms with Gasteiger partial charge in [0.25, 0.3) is 0 Å². The van der Waals surface area contributed by atoms with Gasteiger partial charge in [-0.15, -0.1) is 0 Å². The van der Waals surface area contributed by atoms with E-state index in [9.17, 15) is 4.39 Å². The number of anilines is 1. The molecule has 1 aromatic carbocycles. The van der Waals surface area contributed by atoms with Crippen molar-refractivity contribution in [1.82, 2.24) is 0 Å². The Labute approximate surface area is 109 Å². The summed E-state index contributed by atoms with van der Waals surface area (Å²) >= 11 is 0. The Morgan fingerprint density at radius 3 is 2.83 bits per heavy atom. The van der Waals surface area contributed by atoms with Crippen molar-refractivity contribution in [1.29, 1.82) is 0 Å². The quantitative estimate of drug-likeness (QED) is 0.888. The molecule has 1 heterocycles. The van der Waals surface area contributed by atoms with Crippen LogP contribution in [0, 0.1) is 5.82 Å². The van der Waals surface area contributed by atoms with Crippen LogP contribution in [0.2, 0.25) is 0 Å².